The first-order chi connectivity index (χ1) is 13.5. The number of aromatic amines is 1. The second-order valence-electron chi connectivity index (χ2n) is 6.79. The van der Waals surface area contributed by atoms with Gasteiger partial charge >= 0.3 is 11.7 Å². The number of rotatable bonds is 7. The van der Waals surface area contributed by atoms with Gasteiger partial charge < -0.3 is 19.6 Å². The number of carboxylic acid groups (broad SMARTS) is 1. The molecule has 8 heteroatoms. The van der Waals surface area contributed by atoms with Crippen LogP contribution in [-0.4, -0.2) is 28.1 Å². The number of hydrogen-bond donors (Lipinski definition) is 2. The zero-order valence-corrected chi connectivity index (χ0v) is 15.1. The van der Waals surface area contributed by atoms with Gasteiger partial charge in [0.1, 0.15) is 0 Å². The number of ether oxygens (including phenoxy) is 2. The minimum atomic E-state index is -0.962. The Bertz CT molecular complexity index is 1080. The van der Waals surface area contributed by atoms with Crippen LogP contribution in [0.3, 0.4) is 0 Å². The Morgan fingerprint density at radius 3 is 2.61 bits per heavy atom. The van der Waals surface area contributed by atoms with Gasteiger partial charge in [-0.3, -0.25) is 14.9 Å². The molecular weight excluding hydrogens is 364 g/mol. The summed E-state index contributed by atoms with van der Waals surface area (Å²) < 4.78 is 11.1. The highest BCUT2D eigenvalue weighted by molar-refractivity contribution is 5.92. The summed E-state index contributed by atoms with van der Waals surface area (Å²) in [5.74, 6) is 0.162. The van der Waals surface area contributed by atoms with Crippen molar-refractivity contribution >= 4 is 22.6 Å². The van der Waals surface area contributed by atoms with Gasteiger partial charge in [-0.05, 0) is 54.7 Å². The smallest absolute Gasteiger partial charge is 0.320 e. The molecule has 0 unspecified atom stereocenters. The highest BCUT2D eigenvalue weighted by Gasteiger charge is 2.29. The van der Waals surface area contributed by atoms with E-state index >= 15 is 0 Å². The molecule has 0 spiro atoms. The minimum absolute atomic E-state index is 0.100. The number of aliphatic carboxylic acids is 1. The molecule has 28 heavy (non-hydrogen) atoms. The van der Waals surface area contributed by atoms with Crippen molar-refractivity contribution in [3.63, 3.8) is 0 Å². The van der Waals surface area contributed by atoms with Crippen molar-refractivity contribution in [1.29, 1.82) is 0 Å². The van der Waals surface area contributed by atoms with Gasteiger partial charge in [0, 0.05) is 5.69 Å². The molecule has 3 aromatic rings. The predicted octanol–water partition coefficient (Wildman–Crippen LogP) is 4.38. The van der Waals surface area contributed by atoms with Crippen molar-refractivity contribution in [2.24, 2.45) is 0 Å². The van der Waals surface area contributed by atoms with E-state index in [1.807, 2.05) is 6.07 Å². The Balaban J connectivity index is 1.74. The van der Waals surface area contributed by atoms with E-state index in [-0.39, 0.29) is 23.6 Å². The molecule has 1 heterocycles. The number of nitro benzene ring substituents is 1. The molecule has 2 N–H and O–H groups in total. The largest absolute Gasteiger partial charge is 0.493 e. The summed E-state index contributed by atoms with van der Waals surface area (Å²) in [4.78, 5) is 25.5. The number of aromatic nitrogens is 1. The molecule has 144 valence electrons. The van der Waals surface area contributed by atoms with E-state index < -0.39 is 10.9 Å². The minimum Gasteiger partial charge on any atom is -0.493 e. The fourth-order valence-corrected chi connectivity index (χ4v) is 3.27. The SMILES string of the molecule is COc1cc(CC(=O)O)ccc1Oc1ccc2[nH]c(C3CC3)cc2c1[N+](=O)[O-]. The molecule has 0 saturated heterocycles. The van der Waals surface area contributed by atoms with Crippen LogP contribution in [0.5, 0.6) is 17.2 Å². The Labute approximate surface area is 159 Å². The van der Waals surface area contributed by atoms with Gasteiger partial charge in [-0.1, -0.05) is 6.07 Å². The molecule has 8 nitrogen and oxygen atoms in total. The van der Waals surface area contributed by atoms with Crippen LogP contribution in [0.25, 0.3) is 10.9 Å². The van der Waals surface area contributed by atoms with Crippen LogP contribution >= 0.6 is 0 Å². The van der Waals surface area contributed by atoms with Gasteiger partial charge in [0.15, 0.2) is 11.5 Å². The van der Waals surface area contributed by atoms with Crippen molar-refractivity contribution in [2.75, 3.05) is 7.11 Å². The molecule has 1 saturated carbocycles. The van der Waals surface area contributed by atoms with Crippen LogP contribution in [0.1, 0.15) is 30.0 Å². The third-order valence-corrected chi connectivity index (χ3v) is 4.76. The fourth-order valence-electron chi connectivity index (χ4n) is 3.27. The van der Waals surface area contributed by atoms with Crippen LogP contribution < -0.4 is 9.47 Å². The van der Waals surface area contributed by atoms with E-state index in [4.69, 9.17) is 14.6 Å². The molecule has 2 aromatic carbocycles. The number of hydrogen-bond acceptors (Lipinski definition) is 5. The van der Waals surface area contributed by atoms with Crippen LogP contribution in [0.4, 0.5) is 5.69 Å². The molecule has 1 aliphatic rings. The van der Waals surface area contributed by atoms with Crippen LogP contribution in [-0.2, 0) is 11.2 Å². The van der Waals surface area contributed by atoms with E-state index in [2.05, 4.69) is 4.98 Å². The maximum atomic E-state index is 11.8. The zero-order valence-electron chi connectivity index (χ0n) is 15.1. The molecule has 1 aromatic heterocycles. The molecule has 1 fully saturated rings. The van der Waals surface area contributed by atoms with E-state index in [1.165, 1.54) is 7.11 Å². The van der Waals surface area contributed by atoms with E-state index in [0.717, 1.165) is 18.5 Å². The second kappa shape index (κ2) is 6.88. The number of H-pyrrole nitrogens is 1. The first-order valence-electron chi connectivity index (χ1n) is 8.83. The first kappa shape index (κ1) is 17.8. The Morgan fingerprint density at radius 2 is 1.96 bits per heavy atom. The molecular formula is C20H18N2O6. The summed E-state index contributed by atoms with van der Waals surface area (Å²) in [6, 6.07) is 9.84. The molecule has 0 radical (unpaired) electrons. The van der Waals surface area contributed by atoms with Crippen LogP contribution in [0.15, 0.2) is 36.4 Å². The van der Waals surface area contributed by atoms with E-state index in [1.54, 1.807) is 30.3 Å². The van der Waals surface area contributed by atoms with Gasteiger partial charge in [0.2, 0.25) is 5.75 Å². The average Bonchev–Trinajstić information content (AvgIpc) is 3.41. The number of nitrogens with zero attached hydrogens (tertiary/aromatic N) is 1. The second-order valence-corrected chi connectivity index (χ2v) is 6.79. The molecule has 0 amide bonds. The summed E-state index contributed by atoms with van der Waals surface area (Å²) >= 11 is 0. The Morgan fingerprint density at radius 1 is 1.21 bits per heavy atom. The zero-order chi connectivity index (χ0) is 19.8. The third kappa shape index (κ3) is 3.36. The quantitative estimate of drug-likeness (QED) is 0.463. The monoisotopic (exact) mass is 382 g/mol. The molecule has 0 aliphatic heterocycles. The lowest BCUT2D eigenvalue weighted by Crippen LogP contribution is -2.01. The van der Waals surface area contributed by atoms with Crippen molar-refractivity contribution in [2.45, 2.75) is 25.2 Å². The van der Waals surface area contributed by atoms with Crippen molar-refractivity contribution in [3.05, 3.63) is 57.8 Å². The van der Waals surface area contributed by atoms with Crippen molar-refractivity contribution < 1.29 is 24.3 Å². The summed E-state index contributed by atoms with van der Waals surface area (Å²) in [5, 5.41) is 21.2. The lowest BCUT2D eigenvalue weighted by molar-refractivity contribution is -0.383. The maximum absolute atomic E-state index is 11.8. The lowest BCUT2D eigenvalue weighted by atomic mass is 10.1. The summed E-state index contributed by atoms with van der Waals surface area (Å²) in [5.41, 5.74) is 2.13. The first-order valence-corrected chi connectivity index (χ1v) is 8.83. The number of methoxy groups -OCH3 is 1. The third-order valence-electron chi connectivity index (χ3n) is 4.76. The number of nitro groups is 1. The summed E-state index contributed by atoms with van der Waals surface area (Å²) in [6.45, 7) is 0. The topological polar surface area (TPSA) is 115 Å². The van der Waals surface area contributed by atoms with Gasteiger partial charge in [0.05, 0.1) is 29.4 Å². The number of carbonyl (C=O) groups is 1. The molecule has 4 rings (SSSR count). The van der Waals surface area contributed by atoms with Crippen molar-refractivity contribution in [3.8, 4) is 17.2 Å². The normalized spacial score (nSPS) is 13.5. The Kier molecular flexibility index (Phi) is 4.38. The lowest BCUT2D eigenvalue weighted by Gasteiger charge is -2.12. The molecule has 0 atom stereocenters. The van der Waals surface area contributed by atoms with Gasteiger partial charge in [0.25, 0.3) is 0 Å². The van der Waals surface area contributed by atoms with E-state index in [0.29, 0.717) is 28.1 Å². The highest BCUT2D eigenvalue weighted by atomic mass is 16.6. The standard InChI is InChI=1S/C20H18N2O6/c1-27-18-8-11(9-19(23)24)2-6-16(18)28-17-7-5-14-13(20(17)22(25)26)10-15(21-14)12-3-4-12/h2,5-8,10,12,21H,3-4,9H2,1H3,(H,23,24). The number of nitrogens with one attached hydrogen (secondary N) is 1. The molecule has 0 bridgehead atoms. The van der Waals surface area contributed by atoms with Gasteiger partial charge in [-0.15, -0.1) is 0 Å². The summed E-state index contributed by atoms with van der Waals surface area (Å²) in [6.07, 6.45) is 2.02. The number of fused-ring (bicyclic) bond motifs is 1. The fraction of sp³-hybridized carbons (Fsp3) is 0.250. The van der Waals surface area contributed by atoms with Gasteiger partial charge in [-0.25, -0.2) is 0 Å². The number of carboxylic acids is 1. The van der Waals surface area contributed by atoms with Crippen molar-refractivity contribution in [1.82, 2.24) is 4.98 Å². The van der Waals surface area contributed by atoms with Gasteiger partial charge in [-0.2, -0.15) is 0 Å². The maximum Gasteiger partial charge on any atom is 0.320 e. The van der Waals surface area contributed by atoms with Crippen LogP contribution in [0.2, 0.25) is 0 Å². The Hall–Kier alpha value is -3.55. The average molecular weight is 382 g/mol. The highest BCUT2D eigenvalue weighted by Crippen LogP contribution is 2.45. The van der Waals surface area contributed by atoms with E-state index in [9.17, 15) is 14.9 Å². The number of benzene rings is 2. The molecule has 1 aliphatic carbocycles. The van der Waals surface area contributed by atoms with Crippen LogP contribution in [0, 0.1) is 10.1 Å². The predicted molar refractivity (Wildman–Crippen MR) is 101 cm³/mol. The summed E-state index contributed by atoms with van der Waals surface area (Å²) in [7, 11) is 1.43.